The van der Waals surface area contributed by atoms with Gasteiger partial charge in [-0.15, -0.1) is 0 Å². The van der Waals surface area contributed by atoms with E-state index in [-0.39, 0.29) is 11.9 Å². The largest absolute Gasteiger partial charge is 0.496 e. The van der Waals surface area contributed by atoms with E-state index in [1.807, 2.05) is 13.8 Å². The second-order valence-corrected chi connectivity index (χ2v) is 4.05. The molecule has 0 aliphatic rings. The molecule has 0 aliphatic heterocycles. The van der Waals surface area contributed by atoms with E-state index in [1.54, 1.807) is 20.2 Å². The lowest BCUT2D eigenvalue weighted by Gasteiger charge is -2.14. The molecule has 0 saturated heterocycles. The highest BCUT2D eigenvalue weighted by atomic mass is 16.5. The number of nitrogens with two attached hydrogens (primary N) is 1. The third-order valence-corrected chi connectivity index (χ3v) is 2.75. The minimum absolute atomic E-state index is 0.372. The Hall–Kier alpha value is -1.62. The molecule has 3 N–H and O–H groups in total. The third kappa shape index (κ3) is 3.17. The number of aryl methyl sites for hydroxylation is 1. The average Bonchev–Trinajstić information content (AvgIpc) is 2.28. The van der Waals surface area contributed by atoms with Crippen LogP contribution >= 0.6 is 0 Å². The average molecular weight is 237 g/mol. The fourth-order valence-electron chi connectivity index (χ4n) is 1.60. The highest BCUT2D eigenvalue weighted by Gasteiger charge is 2.12. The van der Waals surface area contributed by atoms with Gasteiger partial charge in [-0.3, -0.25) is 9.78 Å². The van der Waals surface area contributed by atoms with Crippen LogP contribution in [0, 0.1) is 13.8 Å². The number of rotatable bonds is 5. The lowest BCUT2D eigenvalue weighted by Crippen LogP contribution is -2.38. The van der Waals surface area contributed by atoms with Crippen molar-refractivity contribution in [1.82, 2.24) is 10.3 Å². The SMILES string of the molecule is COc1c(C)cnc(CNC(C)C(N)=O)c1C. The highest BCUT2D eigenvalue weighted by Crippen LogP contribution is 2.23. The molecule has 1 aromatic rings. The first-order valence-electron chi connectivity index (χ1n) is 5.49. The smallest absolute Gasteiger partial charge is 0.234 e. The van der Waals surface area contributed by atoms with Crippen molar-refractivity contribution < 1.29 is 9.53 Å². The van der Waals surface area contributed by atoms with Crippen molar-refractivity contribution in [1.29, 1.82) is 0 Å². The van der Waals surface area contributed by atoms with Crippen LogP contribution in [0.1, 0.15) is 23.7 Å². The molecule has 1 amide bonds. The molecule has 94 valence electrons. The molecule has 0 saturated carbocycles. The molecule has 1 aromatic heterocycles. The van der Waals surface area contributed by atoms with Crippen LogP contribution in [-0.2, 0) is 11.3 Å². The predicted octanol–water partition coefficient (Wildman–Crippen LogP) is 0.670. The number of primary amides is 1. The third-order valence-electron chi connectivity index (χ3n) is 2.75. The maximum absolute atomic E-state index is 10.9. The molecular formula is C12H19N3O2. The minimum Gasteiger partial charge on any atom is -0.496 e. The Kier molecular flexibility index (Phi) is 4.45. The van der Waals surface area contributed by atoms with Gasteiger partial charge in [0.1, 0.15) is 5.75 Å². The van der Waals surface area contributed by atoms with Crippen molar-refractivity contribution in [2.24, 2.45) is 5.73 Å². The lowest BCUT2D eigenvalue weighted by atomic mass is 10.1. The van der Waals surface area contributed by atoms with Gasteiger partial charge in [-0.05, 0) is 20.8 Å². The van der Waals surface area contributed by atoms with Crippen LogP contribution < -0.4 is 15.8 Å². The zero-order chi connectivity index (χ0) is 13.0. The summed E-state index contributed by atoms with van der Waals surface area (Å²) in [5.74, 6) is 0.463. The van der Waals surface area contributed by atoms with Crippen LogP contribution in [0.3, 0.4) is 0 Å². The predicted molar refractivity (Wildman–Crippen MR) is 65.8 cm³/mol. The molecule has 0 bridgehead atoms. The monoisotopic (exact) mass is 237 g/mol. The molecular weight excluding hydrogens is 218 g/mol. The van der Waals surface area contributed by atoms with E-state index in [1.165, 1.54) is 0 Å². The number of ether oxygens (including phenoxy) is 1. The van der Waals surface area contributed by atoms with E-state index < -0.39 is 0 Å². The maximum atomic E-state index is 10.9. The van der Waals surface area contributed by atoms with E-state index in [2.05, 4.69) is 10.3 Å². The number of carbonyl (C=O) groups is 1. The second kappa shape index (κ2) is 5.63. The van der Waals surface area contributed by atoms with Gasteiger partial charge in [0.25, 0.3) is 0 Å². The van der Waals surface area contributed by atoms with Gasteiger partial charge in [-0.2, -0.15) is 0 Å². The Morgan fingerprint density at radius 3 is 2.76 bits per heavy atom. The van der Waals surface area contributed by atoms with E-state index in [4.69, 9.17) is 10.5 Å². The number of nitrogens with one attached hydrogen (secondary N) is 1. The number of aromatic nitrogens is 1. The molecule has 0 fully saturated rings. The van der Waals surface area contributed by atoms with Crippen LogP contribution in [0.5, 0.6) is 5.75 Å². The summed E-state index contributed by atoms with van der Waals surface area (Å²) in [5, 5.41) is 3.02. The number of hydrogen-bond acceptors (Lipinski definition) is 4. The van der Waals surface area contributed by atoms with Gasteiger partial charge in [0.2, 0.25) is 5.91 Å². The number of amides is 1. The number of pyridine rings is 1. The number of methoxy groups -OCH3 is 1. The molecule has 1 rings (SSSR count). The standard InChI is InChI=1S/C12H19N3O2/c1-7-5-15-10(8(2)11(7)17-4)6-14-9(3)12(13)16/h5,9,14H,6H2,1-4H3,(H2,13,16). The van der Waals surface area contributed by atoms with Crippen LogP contribution in [0.15, 0.2) is 6.20 Å². The zero-order valence-corrected chi connectivity index (χ0v) is 10.7. The van der Waals surface area contributed by atoms with Gasteiger partial charge in [0.15, 0.2) is 0 Å². The van der Waals surface area contributed by atoms with E-state index >= 15 is 0 Å². The van der Waals surface area contributed by atoms with Crippen LogP contribution in [0.25, 0.3) is 0 Å². The maximum Gasteiger partial charge on any atom is 0.234 e. The summed E-state index contributed by atoms with van der Waals surface area (Å²) in [6, 6.07) is -0.372. The van der Waals surface area contributed by atoms with Crippen molar-refractivity contribution in [2.45, 2.75) is 33.4 Å². The van der Waals surface area contributed by atoms with Gasteiger partial charge in [0.05, 0.1) is 18.8 Å². The Bertz CT molecular complexity index is 418. The van der Waals surface area contributed by atoms with E-state index in [0.717, 1.165) is 22.6 Å². The van der Waals surface area contributed by atoms with Crippen LogP contribution in [0.2, 0.25) is 0 Å². The first-order valence-corrected chi connectivity index (χ1v) is 5.49. The van der Waals surface area contributed by atoms with Crippen molar-refractivity contribution in [3.8, 4) is 5.75 Å². The summed E-state index contributed by atoms with van der Waals surface area (Å²) in [6.45, 7) is 6.11. The highest BCUT2D eigenvalue weighted by molar-refractivity contribution is 5.79. The molecule has 1 atom stereocenters. The van der Waals surface area contributed by atoms with Gasteiger partial charge >= 0.3 is 0 Å². The van der Waals surface area contributed by atoms with Gasteiger partial charge < -0.3 is 15.8 Å². The topological polar surface area (TPSA) is 77.2 Å². The molecule has 0 aromatic carbocycles. The Balaban J connectivity index is 2.82. The molecule has 1 unspecified atom stereocenters. The van der Waals surface area contributed by atoms with Gasteiger partial charge in [-0.25, -0.2) is 0 Å². The summed E-state index contributed by atoms with van der Waals surface area (Å²) < 4.78 is 5.31. The molecule has 0 radical (unpaired) electrons. The van der Waals surface area contributed by atoms with Crippen molar-refractivity contribution in [3.05, 3.63) is 23.0 Å². The molecule has 17 heavy (non-hydrogen) atoms. The number of carbonyl (C=O) groups excluding carboxylic acids is 1. The van der Waals surface area contributed by atoms with Gasteiger partial charge in [0, 0.05) is 23.9 Å². The van der Waals surface area contributed by atoms with Crippen LogP contribution in [0.4, 0.5) is 0 Å². The quantitative estimate of drug-likeness (QED) is 0.789. The first kappa shape index (κ1) is 13.4. The summed E-state index contributed by atoms with van der Waals surface area (Å²) in [7, 11) is 1.64. The van der Waals surface area contributed by atoms with Crippen molar-refractivity contribution >= 4 is 5.91 Å². The Morgan fingerprint density at radius 2 is 2.24 bits per heavy atom. The van der Waals surface area contributed by atoms with Crippen LogP contribution in [-0.4, -0.2) is 24.0 Å². The fourth-order valence-corrected chi connectivity index (χ4v) is 1.60. The molecule has 5 nitrogen and oxygen atoms in total. The molecule has 0 spiro atoms. The Labute approximate surface area is 101 Å². The molecule has 0 aliphatic carbocycles. The normalized spacial score (nSPS) is 12.2. The molecule has 1 heterocycles. The first-order chi connectivity index (χ1) is 7.97. The summed E-state index contributed by atoms with van der Waals surface area (Å²) in [4.78, 5) is 15.2. The number of nitrogens with zero attached hydrogens (tertiary/aromatic N) is 1. The van der Waals surface area contributed by atoms with E-state index in [0.29, 0.717) is 6.54 Å². The lowest BCUT2D eigenvalue weighted by molar-refractivity contribution is -0.119. The van der Waals surface area contributed by atoms with Crippen molar-refractivity contribution in [3.63, 3.8) is 0 Å². The summed E-state index contributed by atoms with van der Waals surface area (Å²) >= 11 is 0. The minimum atomic E-state index is -0.373. The molecule has 5 heteroatoms. The van der Waals surface area contributed by atoms with Crippen molar-refractivity contribution in [2.75, 3.05) is 7.11 Å². The summed E-state index contributed by atoms with van der Waals surface area (Å²) in [5.41, 5.74) is 8.01. The Morgan fingerprint density at radius 1 is 1.59 bits per heavy atom. The zero-order valence-electron chi connectivity index (χ0n) is 10.7. The van der Waals surface area contributed by atoms with Gasteiger partial charge in [-0.1, -0.05) is 0 Å². The fraction of sp³-hybridized carbons (Fsp3) is 0.500. The summed E-state index contributed by atoms with van der Waals surface area (Å²) in [6.07, 6.45) is 1.76. The number of hydrogen-bond donors (Lipinski definition) is 2. The van der Waals surface area contributed by atoms with E-state index in [9.17, 15) is 4.79 Å². The second-order valence-electron chi connectivity index (χ2n) is 4.05.